The second kappa shape index (κ2) is 4.77. The predicted octanol–water partition coefficient (Wildman–Crippen LogP) is 2.71. The van der Waals surface area contributed by atoms with Crippen LogP contribution in [0.1, 0.15) is 26.3 Å². The summed E-state index contributed by atoms with van der Waals surface area (Å²) in [5.41, 5.74) is 0.357. The van der Waals surface area contributed by atoms with Gasteiger partial charge in [0.15, 0.2) is 0 Å². The van der Waals surface area contributed by atoms with Crippen molar-refractivity contribution >= 4 is 17.6 Å². The van der Waals surface area contributed by atoms with Crippen molar-refractivity contribution in [1.29, 1.82) is 0 Å². The van der Waals surface area contributed by atoms with E-state index in [1.54, 1.807) is 18.2 Å². The van der Waals surface area contributed by atoms with Crippen molar-refractivity contribution in [1.82, 2.24) is 0 Å². The number of benzene rings is 1. The van der Waals surface area contributed by atoms with Crippen LogP contribution in [0.25, 0.3) is 0 Å². The molecule has 1 unspecified atom stereocenters. The maximum absolute atomic E-state index is 13.1. The Morgan fingerprint density at radius 3 is 2.47 bits per heavy atom. The molecular formula is C11H14FNOS. The van der Waals surface area contributed by atoms with Crippen molar-refractivity contribution < 1.29 is 8.94 Å². The van der Waals surface area contributed by atoms with E-state index in [1.807, 2.05) is 20.8 Å². The lowest BCUT2D eigenvalue weighted by molar-refractivity contribution is 0.561. The molecule has 0 saturated carbocycles. The van der Waals surface area contributed by atoms with Gasteiger partial charge < -0.3 is 4.55 Å². The molecule has 0 aromatic heterocycles. The Labute approximate surface area is 92.5 Å². The predicted molar refractivity (Wildman–Crippen MR) is 61.9 cm³/mol. The molecule has 1 aromatic carbocycles. The van der Waals surface area contributed by atoms with Gasteiger partial charge in [0.2, 0.25) is 0 Å². The van der Waals surface area contributed by atoms with E-state index in [2.05, 4.69) is 4.40 Å². The lowest BCUT2D eigenvalue weighted by atomic mass is 10.2. The Hall–Kier alpha value is -0.870. The van der Waals surface area contributed by atoms with Crippen molar-refractivity contribution in [2.75, 3.05) is 0 Å². The first-order valence-corrected chi connectivity index (χ1v) is 5.72. The fourth-order valence-electron chi connectivity index (χ4n) is 0.843. The topological polar surface area (TPSA) is 35.4 Å². The summed E-state index contributed by atoms with van der Waals surface area (Å²) in [6.07, 6.45) is 1.32. The van der Waals surface area contributed by atoms with Gasteiger partial charge in [-0.3, -0.25) is 0 Å². The molecule has 82 valence electrons. The number of nitrogens with zero attached hydrogens (tertiary/aromatic N) is 1. The molecule has 1 aromatic rings. The minimum absolute atomic E-state index is 0.354. The van der Waals surface area contributed by atoms with Crippen LogP contribution in [0.2, 0.25) is 0 Å². The highest BCUT2D eigenvalue weighted by Crippen LogP contribution is 2.17. The highest BCUT2D eigenvalue weighted by atomic mass is 32.2. The van der Waals surface area contributed by atoms with Crippen molar-refractivity contribution in [3.63, 3.8) is 0 Å². The molecular weight excluding hydrogens is 213 g/mol. The molecule has 0 heterocycles. The first-order chi connectivity index (χ1) is 6.91. The zero-order valence-electron chi connectivity index (χ0n) is 9.03. The van der Waals surface area contributed by atoms with Gasteiger partial charge in [0.05, 0.1) is 6.21 Å². The minimum Gasteiger partial charge on any atom is -0.591 e. The molecule has 2 nitrogen and oxygen atoms in total. The molecule has 0 saturated heterocycles. The molecule has 15 heavy (non-hydrogen) atoms. The SMILES string of the molecule is CC(C)(C)[S+]([O-])N=Cc1ccccc1F. The van der Waals surface area contributed by atoms with E-state index in [0.29, 0.717) is 5.56 Å². The van der Waals surface area contributed by atoms with Crippen molar-refractivity contribution in [3.05, 3.63) is 35.6 Å². The van der Waals surface area contributed by atoms with E-state index in [4.69, 9.17) is 0 Å². The fourth-order valence-corrected chi connectivity index (χ4v) is 1.37. The Morgan fingerprint density at radius 1 is 1.33 bits per heavy atom. The summed E-state index contributed by atoms with van der Waals surface area (Å²) in [6, 6.07) is 6.26. The van der Waals surface area contributed by atoms with Crippen LogP contribution < -0.4 is 0 Å². The molecule has 0 aliphatic carbocycles. The summed E-state index contributed by atoms with van der Waals surface area (Å²) in [7, 11) is 0. The highest BCUT2D eigenvalue weighted by molar-refractivity contribution is 7.91. The number of halogens is 1. The average Bonchev–Trinajstić information content (AvgIpc) is 2.14. The summed E-state index contributed by atoms with van der Waals surface area (Å²) >= 11 is -1.34. The Kier molecular flexibility index (Phi) is 3.88. The summed E-state index contributed by atoms with van der Waals surface area (Å²) in [4.78, 5) is 0. The minimum atomic E-state index is -1.34. The van der Waals surface area contributed by atoms with Gasteiger partial charge in [0.1, 0.15) is 21.9 Å². The molecule has 0 spiro atoms. The molecule has 0 fully saturated rings. The van der Waals surface area contributed by atoms with Crippen LogP contribution in [0.3, 0.4) is 0 Å². The summed E-state index contributed by atoms with van der Waals surface area (Å²) < 4.78 is 28.1. The van der Waals surface area contributed by atoms with Gasteiger partial charge >= 0.3 is 0 Å². The third kappa shape index (κ3) is 3.64. The van der Waals surface area contributed by atoms with Gasteiger partial charge in [-0.2, -0.15) is 0 Å². The van der Waals surface area contributed by atoms with Gasteiger partial charge in [0, 0.05) is 5.56 Å². The third-order valence-corrected chi connectivity index (χ3v) is 3.06. The molecule has 1 atom stereocenters. The van der Waals surface area contributed by atoms with E-state index in [-0.39, 0.29) is 5.82 Å². The van der Waals surface area contributed by atoms with Crippen LogP contribution in [0, 0.1) is 5.82 Å². The zero-order chi connectivity index (χ0) is 11.5. The second-order valence-corrected chi connectivity index (χ2v) is 6.05. The maximum Gasteiger partial charge on any atom is 0.144 e. The zero-order valence-corrected chi connectivity index (χ0v) is 9.84. The number of rotatable bonds is 2. The lowest BCUT2D eigenvalue weighted by Gasteiger charge is -2.17. The molecule has 0 aliphatic heterocycles. The van der Waals surface area contributed by atoms with Crippen LogP contribution in [0.15, 0.2) is 28.7 Å². The molecule has 0 amide bonds. The first-order valence-electron chi connectivity index (χ1n) is 4.62. The lowest BCUT2D eigenvalue weighted by Crippen LogP contribution is -2.25. The van der Waals surface area contributed by atoms with Crippen LogP contribution in [-0.4, -0.2) is 15.5 Å². The van der Waals surface area contributed by atoms with Crippen molar-refractivity contribution in [3.8, 4) is 0 Å². The Balaban J connectivity index is 2.79. The largest absolute Gasteiger partial charge is 0.591 e. The highest BCUT2D eigenvalue weighted by Gasteiger charge is 2.25. The van der Waals surface area contributed by atoms with E-state index < -0.39 is 16.1 Å². The van der Waals surface area contributed by atoms with Crippen molar-refractivity contribution in [2.24, 2.45) is 4.40 Å². The van der Waals surface area contributed by atoms with Crippen LogP contribution in [0.4, 0.5) is 4.39 Å². The van der Waals surface area contributed by atoms with Gasteiger partial charge in [-0.1, -0.05) is 22.6 Å². The van der Waals surface area contributed by atoms with E-state index in [1.165, 1.54) is 12.3 Å². The molecule has 0 bridgehead atoms. The molecule has 4 heteroatoms. The van der Waals surface area contributed by atoms with Gasteiger partial charge in [-0.15, -0.1) is 0 Å². The Bertz CT molecular complexity index is 360. The maximum atomic E-state index is 13.1. The van der Waals surface area contributed by atoms with E-state index in [9.17, 15) is 8.94 Å². The summed E-state index contributed by atoms with van der Waals surface area (Å²) in [5, 5.41) is 0. The normalized spacial score (nSPS) is 14.5. The van der Waals surface area contributed by atoms with Gasteiger partial charge in [0.25, 0.3) is 0 Å². The molecule has 0 radical (unpaired) electrons. The van der Waals surface area contributed by atoms with E-state index in [0.717, 1.165) is 0 Å². The number of hydrogen-bond acceptors (Lipinski definition) is 2. The standard InChI is InChI=1S/C11H14FNOS/c1-11(2,3)15(14)13-8-9-6-4-5-7-10(9)12/h4-8H,1-3H3. The Morgan fingerprint density at radius 2 is 1.93 bits per heavy atom. The molecule has 0 aliphatic rings. The number of hydrogen-bond donors (Lipinski definition) is 0. The van der Waals surface area contributed by atoms with Gasteiger partial charge in [-0.25, -0.2) is 4.39 Å². The summed E-state index contributed by atoms with van der Waals surface area (Å²) in [6.45, 7) is 5.46. The van der Waals surface area contributed by atoms with Crippen LogP contribution in [-0.2, 0) is 11.4 Å². The molecule has 1 rings (SSSR count). The summed E-state index contributed by atoms with van der Waals surface area (Å²) in [5.74, 6) is -0.354. The van der Waals surface area contributed by atoms with Gasteiger partial charge in [-0.05, 0) is 26.8 Å². The average molecular weight is 227 g/mol. The second-order valence-electron chi connectivity index (χ2n) is 4.12. The fraction of sp³-hybridized carbons (Fsp3) is 0.364. The smallest absolute Gasteiger partial charge is 0.144 e. The third-order valence-electron chi connectivity index (χ3n) is 1.72. The van der Waals surface area contributed by atoms with Crippen LogP contribution in [0.5, 0.6) is 0 Å². The van der Waals surface area contributed by atoms with Crippen LogP contribution >= 0.6 is 0 Å². The quantitative estimate of drug-likeness (QED) is 0.565. The van der Waals surface area contributed by atoms with Crippen molar-refractivity contribution in [2.45, 2.75) is 25.5 Å². The first kappa shape index (κ1) is 12.2. The van der Waals surface area contributed by atoms with E-state index >= 15 is 0 Å². The molecule has 0 N–H and O–H groups in total. The monoisotopic (exact) mass is 227 g/mol.